The number of cyclic esters (lactones) is 1. The van der Waals surface area contributed by atoms with Gasteiger partial charge in [-0.3, -0.25) is 28.8 Å². The lowest BCUT2D eigenvalue weighted by Gasteiger charge is -2.36. The second-order valence-corrected chi connectivity index (χ2v) is 15.7. The van der Waals surface area contributed by atoms with Crippen LogP contribution in [0.3, 0.4) is 0 Å². The summed E-state index contributed by atoms with van der Waals surface area (Å²) in [6.07, 6.45) is 10.0. The Bertz CT molecular complexity index is 1230. The van der Waals surface area contributed by atoms with Crippen LogP contribution in [-0.4, -0.2) is 102 Å². The average molecular weight is 719 g/mol. The summed E-state index contributed by atoms with van der Waals surface area (Å²) >= 11 is 0. The molecule has 14 heteroatoms. The first kappa shape index (κ1) is 40.5. The Kier molecular flexibility index (Phi) is 15.1. The summed E-state index contributed by atoms with van der Waals surface area (Å²) < 4.78 is 5.96. The summed E-state index contributed by atoms with van der Waals surface area (Å²) in [4.78, 5) is 83.5. The third-order valence-electron chi connectivity index (χ3n) is 11.7. The second-order valence-electron chi connectivity index (χ2n) is 15.7. The van der Waals surface area contributed by atoms with Crippen LogP contribution in [0.1, 0.15) is 111 Å². The number of carbonyl (C=O) groups is 6. The molecule has 288 valence electrons. The molecule has 0 radical (unpaired) electrons. The summed E-state index contributed by atoms with van der Waals surface area (Å²) in [6.45, 7) is 4.07. The zero-order valence-corrected chi connectivity index (χ0v) is 31.0. The molecule has 7 N–H and O–H groups in total. The van der Waals surface area contributed by atoms with Gasteiger partial charge in [-0.25, -0.2) is 0 Å². The predicted octanol–water partition coefficient (Wildman–Crippen LogP) is 1.27. The molecule has 0 spiro atoms. The molecule has 0 aromatic heterocycles. The van der Waals surface area contributed by atoms with E-state index >= 15 is 0 Å². The van der Waals surface area contributed by atoms with E-state index in [0.717, 1.165) is 38.5 Å². The van der Waals surface area contributed by atoms with Crippen molar-refractivity contribution in [3.63, 3.8) is 0 Å². The minimum Gasteiger partial charge on any atom is -0.460 e. The van der Waals surface area contributed by atoms with Crippen molar-refractivity contribution in [3.8, 4) is 0 Å². The van der Waals surface area contributed by atoms with Crippen molar-refractivity contribution in [2.75, 3.05) is 20.1 Å². The lowest BCUT2D eigenvalue weighted by atomic mass is 9.77. The zero-order valence-electron chi connectivity index (χ0n) is 31.0. The number of carbonyl (C=O) groups excluding carboxylic acids is 6. The summed E-state index contributed by atoms with van der Waals surface area (Å²) in [6, 6.07) is -4.63. The van der Waals surface area contributed by atoms with Crippen LogP contribution >= 0.6 is 0 Å². The smallest absolute Gasteiger partial charge is 0.325 e. The molecule has 1 saturated heterocycles. The van der Waals surface area contributed by atoms with Gasteiger partial charge in [0.2, 0.25) is 29.5 Å². The molecule has 4 aliphatic rings. The number of nitrogens with two attached hydrogens (primary N) is 1. The van der Waals surface area contributed by atoms with Crippen LogP contribution in [0, 0.1) is 29.6 Å². The molecular weight excluding hydrogens is 656 g/mol. The number of hydrogen-bond donors (Lipinski definition) is 6. The van der Waals surface area contributed by atoms with Gasteiger partial charge in [0.05, 0.1) is 12.0 Å². The van der Waals surface area contributed by atoms with Crippen molar-refractivity contribution >= 4 is 35.5 Å². The van der Waals surface area contributed by atoms with Crippen LogP contribution in [0.5, 0.6) is 0 Å². The van der Waals surface area contributed by atoms with Gasteiger partial charge in [-0.15, -0.1) is 0 Å². The first-order valence-electron chi connectivity index (χ1n) is 19.4. The largest absolute Gasteiger partial charge is 0.460 e. The SMILES string of the molecule is CCC[C@H]1C(=O)N[C@@H](C2CCCCCC2)C(=O)N[C@@H](CN)C(=O)N[C@@H]([C@H](C)O)C(=O)NCC(=O)O[C@H](C[C@@H]2C[C@@H]3CC[C@@H](C3)C2)[C@@H](C)C(=O)N1C. The number of esters is 1. The molecule has 5 amide bonds. The lowest BCUT2D eigenvalue weighted by Crippen LogP contribution is -2.62. The van der Waals surface area contributed by atoms with Crippen molar-refractivity contribution in [2.45, 2.75) is 147 Å². The Morgan fingerprint density at radius 3 is 2.10 bits per heavy atom. The monoisotopic (exact) mass is 718 g/mol. The third-order valence-corrected chi connectivity index (χ3v) is 11.7. The van der Waals surface area contributed by atoms with Crippen LogP contribution in [0.15, 0.2) is 0 Å². The Morgan fingerprint density at radius 2 is 1.51 bits per heavy atom. The van der Waals surface area contributed by atoms with Crippen molar-refractivity contribution in [3.05, 3.63) is 0 Å². The predicted molar refractivity (Wildman–Crippen MR) is 189 cm³/mol. The Hall–Kier alpha value is -3.26. The number of rotatable bonds is 7. The first-order valence-corrected chi connectivity index (χ1v) is 19.4. The standard InChI is InChI=1S/C37H62N6O8/c1-5-10-28-34(47)42-32(26-11-8-6-7-9-12-26)36(49)40-27(19-38)33(46)41-31(22(3)44)35(48)39-20-30(45)51-29(21(2)37(50)43(28)4)18-25-16-23-13-14-24(15-23)17-25/h21-29,31-32,44H,5-20,38H2,1-4H3,(H,39,48)(H,40,49)(H,41,46)(H,42,47)/t21-,22+,23-,24+,25-,27+,28+,29-,31+,32+/m1/s1. The van der Waals surface area contributed by atoms with Gasteiger partial charge in [0.25, 0.3) is 0 Å². The van der Waals surface area contributed by atoms with Crippen LogP contribution in [0.2, 0.25) is 0 Å². The fourth-order valence-electron chi connectivity index (χ4n) is 8.85. The normalized spacial score (nSPS) is 34.9. The maximum atomic E-state index is 14.2. The Balaban J connectivity index is 1.68. The van der Waals surface area contributed by atoms with E-state index in [1.807, 2.05) is 6.92 Å². The van der Waals surface area contributed by atoms with Crippen LogP contribution < -0.4 is 27.0 Å². The van der Waals surface area contributed by atoms with E-state index in [2.05, 4.69) is 21.3 Å². The number of hydrogen-bond acceptors (Lipinski definition) is 9. The molecule has 51 heavy (non-hydrogen) atoms. The molecule has 4 fully saturated rings. The molecule has 2 bridgehead atoms. The van der Waals surface area contributed by atoms with Crippen molar-refractivity contribution < 1.29 is 38.6 Å². The van der Waals surface area contributed by atoms with Gasteiger partial charge in [-0.2, -0.15) is 0 Å². The van der Waals surface area contributed by atoms with E-state index in [1.165, 1.54) is 31.1 Å². The Labute approximate surface area is 302 Å². The second kappa shape index (κ2) is 19.0. The Morgan fingerprint density at radius 1 is 0.863 bits per heavy atom. The number of amides is 5. The average Bonchev–Trinajstić information content (AvgIpc) is 3.26. The summed E-state index contributed by atoms with van der Waals surface area (Å²) in [5.41, 5.74) is 5.92. The quantitative estimate of drug-likeness (QED) is 0.165. The fourth-order valence-corrected chi connectivity index (χ4v) is 8.85. The lowest BCUT2D eigenvalue weighted by molar-refractivity contribution is -0.158. The number of aliphatic hydroxyl groups excluding tert-OH is 1. The topological polar surface area (TPSA) is 209 Å². The molecule has 10 atom stereocenters. The van der Waals surface area contributed by atoms with E-state index in [1.54, 1.807) is 14.0 Å². The van der Waals surface area contributed by atoms with Gasteiger partial charge in [0.1, 0.15) is 36.8 Å². The van der Waals surface area contributed by atoms with E-state index < -0.39 is 78.4 Å². The van der Waals surface area contributed by atoms with Gasteiger partial charge in [0.15, 0.2) is 0 Å². The third kappa shape index (κ3) is 10.9. The molecule has 0 unspecified atom stereocenters. The van der Waals surface area contributed by atoms with E-state index in [0.29, 0.717) is 43.9 Å². The minimum atomic E-state index is -1.46. The van der Waals surface area contributed by atoms with Crippen LogP contribution in [0.4, 0.5) is 0 Å². The molecule has 1 aliphatic heterocycles. The molecule has 1 heterocycles. The molecule has 0 aromatic carbocycles. The number of ether oxygens (including phenoxy) is 1. The van der Waals surface area contributed by atoms with Gasteiger partial charge >= 0.3 is 5.97 Å². The molecule has 0 aromatic rings. The number of nitrogens with zero attached hydrogens (tertiary/aromatic N) is 1. The molecule has 3 aliphatic carbocycles. The molecule has 4 rings (SSSR count). The van der Waals surface area contributed by atoms with Gasteiger partial charge in [-0.1, -0.05) is 58.8 Å². The van der Waals surface area contributed by atoms with Gasteiger partial charge in [0, 0.05) is 13.6 Å². The van der Waals surface area contributed by atoms with Crippen LogP contribution in [0.25, 0.3) is 0 Å². The van der Waals surface area contributed by atoms with Gasteiger partial charge in [-0.05, 0) is 75.5 Å². The highest BCUT2D eigenvalue weighted by Gasteiger charge is 2.41. The number of aliphatic hydroxyl groups is 1. The number of likely N-dealkylation sites (N-methyl/N-ethyl adjacent to an activating group) is 1. The molecular formula is C37H62N6O8. The maximum Gasteiger partial charge on any atom is 0.325 e. The van der Waals surface area contributed by atoms with Gasteiger partial charge < -0.3 is 41.7 Å². The van der Waals surface area contributed by atoms with E-state index in [9.17, 15) is 33.9 Å². The number of nitrogens with one attached hydrogen (secondary N) is 4. The maximum absolute atomic E-state index is 14.2. The molecule has 3 saturated carbocycles. The highest BCUT2D eigenvalue weighted by molar-refractivity contribution is 5.96. The van der Waals surface area contributed by atoms with Crippen molar-refractivity contribution in [1.29, 1.82) is 0 Å². The van der Waals surface area contributed by atoms with E-state index in [4.69, 9.17) is 10.5 Å². The van der Waals surface area contributed by atoms with E-state index in [-0.39, 0.29) is 24.3 Å². The zero-order chi connectivity index (χ0) is 37.2. The number of fused-ring (bicyclic) bond motifs is 2. The summed E-state index contributed by atoms with van der Waals surface area (Å²) in [5, 5.41) is 21.0. The van der Waals surface area contributed by atoms with Crippen molar-refractivity contribution in [2.24, 2.45) is 35.3 Å². The summed E-state index contributed by atoms with van der Waals surface area (Å²) in [7, 11) is 1.58. The highest BCUT2D eigenvalue weighted by atomic mass is 16.5. The first-order chi connectivity index (χ1) is 24.3. The van der Waals surface area contributed by atoms with Crippen LogP contribution in [-0.2, 0) is 33.5 Å². The summed E-state index contributed by atoms with van der Waals surface area (Å²) in [5.74, 6) is -3.29. The highest BCUT2D eigenvalue weighted by Crippen LogP contribution is 2.46. The molecule has 14 nitrogen and oxygen atoms in total. The minimum absolute atomic E-state index is 0.208. The fraction of sp³-hybridized carbons (Fsp3) is 0.838. The van der Waals surface area contributed by atoms with Crippen molar-refractivity contribution in [1.82, 2.24) is 26.2 Å².